The van der Waals surface area contributed by atoms with E-state index in [1.165, 1.54) is 24.2 Å². The van der Waals surface area contributed by atoms with E-state index >= 15 is 0 Å². The first-order valence-corrected chi connectivity index (χ1v) is 10.4. The maximum atomic E-state index is 12.3. The van der Waals surface area contributed by atoms with Crippen LogP contribution in [-0.2, 0) is 4.79 Å². The van der Waals surface area contributed by atoms with Gasteiger partial charge < -0.3 is 15.4 Å². The van der Waals surface area contributed by atoms with Crippen molar-refractivity contribution in [1.29, 1.82) is 0 Å². The number of benzene rings is 1. The van der Waals surface area contributed by atoms with Gasteiger partial charge in [0.25, 0.3) is 5.91 Å². The van der Waals surface area contributed by atoms with Crippen LogP contribution in [0.15, 0.2) is 36.4 Å². The average Bonchev–Trinajstić information content (AvgIpc) is 3.39. The summed E-state index contributed by atoms with van der Waals surface area (Å²) in [5.41, 5.74) is 1.15. The number of hydrogen-bond donors (Lipinski definition) is 2. The van der Waals surface area contributed by atoms with Crippen molar-refractivity contribution in [2.24, 2.45) is 0 Å². The van der Waals surface area contributed by atoms with E-state index in [2.05, 4.69) is 27.7 Å². The number of amides is 2. The van der Waals surface area contributed by atoms with Crippen LogP contribution in [0.4, 0.5) is 0 Å². The average molecular weight is 402 g/mol. The highest BCUT2D eigenvalue weighted by Crippen LogP contribution is 2.26. The summed E-state index contributed by atoms with van der Waals surface area (Å²) in [6, 6.07) is 11.8. The van der Waals surface area contributed by atoms with Crippen molar-refractivity contribution in [3.05, 3.63) is 51.7 Å². The summed E-state index contributed by atoms with van der Waals surface area (Å²) >= 11 is 1.42. The minimum atomic E-state index is -0.209. The molecule has 7 heteroatoms. The predicted molar refractivity (Wildman–Crippen MR) is 111 cm³/mol. The highest BCUT2D eigenvalue weighted by atomic mass is 32.1. The quantitative estimate of drug-likeness (QED) is 0.714. The highest BCUT2D eigenvalue weighted by molar-refractivity contribution is 7.13. The molecular formula is C21H27N3O3S. The summed E-state index contributed by atoms with van der Waals surface area (Å²) in [7, 11) is 1.65. The molecule has 0 radical (unpaired) electrons. The molecule has 1 fully saturated rings. The molecular weight excluding hydrogens is 374 g/mol. The highest BCUT2D eigenvalue weighted by Gasteiger charge is 2.24. The first-order valence-electron chi connectivity index (χ1n) is 9.56. The SMILES string of the molecule is COc1ccc(C(CNC(=O)CNC(=O)c2ccc(C)s2)N2CCCC2)cc1. The number of aryl methyl sites for hydroxylation is 1. The number of hydrogen-bond acceptors (Lipinski definition) is 5. The normalized spacial score (nSPS) is 15.2. The van der Waals surface area contributed by atoms with E-state index in [1.54, 1.807) is 13.2 Å². The number of methoxy groups -OCH3 is 1. The zero-order chi connectivity index (χ0) is 19.9. The van der Waals surface area contributed by atoms with Crippen LogP contribution in [0.2, 0.25) is 0 Å². The lowest BCUT2D eigenvalue weighted by Gasteiger charge is -2.28. The smallest absolute Gasteiger partial charge is 0.261 e. The van der Waals surface area contributed by atoms with Crippen LogP contribution in [-0.4, -0.2) is 50.0 Å². The fourth-order valence-electron chi connectivity index (χ4n) is 3.41. The van der Waals surface area contributed by atoms with Gasteiger partial charge in [0.05, 0.1) is 24.6 Å². The van der Waals surface area contributed by atoms with Crippen molar-refractivity contribution in [1.82, 2.24) is 15.5 Å². The van der Waals surface area contributed by atoms with Crippen molar-refractivity contribution >= 4 is 23.2 Å². The topological polar surface area (TPSA) is 70.7 Å². The Bertz CT molecular complexity index is 797. The molecule has 1 aromatic heterocycles. The molecule has 2 aromatic rings. The monoisotopic (exact) mass is 401 g/mol. The van der Waals surface area contributed by atoms with Crippen molar-refractivity contribution in [3.8, 4) is 5.75 Å². The summed E-state index contributed by atoms with van der Waals surface area (Å²) in [6.07, 6.45) is 2.35. The lowest BCUT2D eigenvalue weighted by Crippen LogP contribution is -2.41. The lowest BCUT2D eigenvalue weighted by atomic mass is 10.1. The molecule has 0 bridgehead atoms. The Balaban J connectivity index is 1.55. The fraction of sp³-hybridized carbons (Fsp3) is 0.429. The van der Waals surface area contributed by atoms with Gasteiger partial charge in [-0.2, -0.15) is 0 Å². The molecule has 1 saturated heterocycles. The molecule has 28 heavy (non-hydrogen) atoms. The molecule has 3 rings (SSSR count). The Labute approximate surface area is 169 Å². The van der Waals surface area contributed by atoms with Gasteiger partial charge in [-0.1, -0.05) is 12.1 Å². The van der Waals surface area contributed by atoms with E-state index in [0.717, 1.165) is 29.3 Å². The number of nitrogens with zero attached hydrogens (tertiary/aromatic N) is 1. The number of carbonyl (C=O) groups is 2. The summed E-state index contributed by atoms with van der Waals surface area (Å²) in [5, 5.41) is 5.67. The predicted octanol–water partition coefficient (Wildman–Crippen LogP) is 2.75. The van der Waals surface area contributed by atoms with Gasteiger partial charge in [-0.25, -0.2) is 0 Å². The van der Waals surface area contributed by atoms with Crippen LogP contribution in [0.5, 0.6) is 5.75 Å². The molecule has 6 nitrogen and oxygen atoms in total. The minimum Gasteiger partial charge on any atom is -0.497 e. The number of likely N-dealkylation sites (tertiary alicyclic amines) is 1. The molecule has 2 amide bonds. The molecule has 2 N–H and O–H groups in total. The van der Waals surface area contributed by atoms with E-state index in [-0.39, 0.29) is 24.4 Å². The second-order valence-corrected chi connectivity index (χ2v) is 8.22. The first kappa shape index (κ1) is 20.4. The van der Waals surface area contributed by atoms with Crippen LogP contribution in [0.25, 0.3) is 0 Å². The summed E-state index contributed by atoms with van der Waals surface area (Å²) < 4.78 is 5.24. The Morgan fingerprint density at radius 3 is 2.43 bits per heavy atom. The van der Waals surface area contributed by atoms with Crippen LogP contribution in [0.3, 0.4) is 0 Å². The molecule has 0 spiro atoms. The lowest BCUT2D eigenvalue weighted by molar-refractivity contribution is -0.120. The number of thiophene rings is 1. The minimum absolute atomic E-state index is 0.0227. The number of carbonyl (C=O) groups excluding carboxylic acids is 2. The van der Waals surface area contributed by atoms with Crippen LogP contribution in [0.1, 0.15) is 39.0 Å². The zero-order valence-electron chi connectivity index (χ0n) is 16.4. The van der Waals surface area contributed by atoms with Crippen LogP contribution < -0.4 is 15.4 Å². The van der Waals surface area contributed by atoms with E-state index in [4.69, 9.17) is 4.74 Å². The standard InChI is InChI=1S/C21H27N3O3S/c1-15-5-10-19(28-15)21(26)23-14-20(25)22-13-18(24-11-3-4-12-24)16-6-8-17(27-2)9-7-16/h5-10,18H,3-4,11-14H2,1-2H3,(H,22,25)(H,23,26). The van der Waals surface area contributed by atoms with Crippen molar-refractivity contribution in [3.63, 3.8) is 0 Å². The molecule has 1 aliphatic heterocycles. The fourth-order valence-corrected chi connectivity index (χ4v) is 4.20. The van der Waals surface area contributed by atoms with Gasteiger partial charge in [-0.05, 0) is 62.7 Å². The second kappa shape index (κ2) is 9.71. The molecule has 1 unspecified atom stereocenters. The van der Waals surface area contributed by atoms with Gasteiger partial charge in [0, 0.05) is 11.4 Å². The van der Waals surface area contributed by atoms with E-state index in [1.807, 2.05) is 25.1 Å². The number of nitrogens with one attached hydrogen (secondary N) is 2. The second-order valence-electron chi connectivity index (χ2n) is 6.93. The van der Waals surface area contributed by atoms with Gasteiger partial charge in [-0.3, -0.25) is 14.5 Å². The maximum Gasteiger partial charge on any atom is 0.261 e. The van der Waals surface area contributed by atoms with Crippen molar-refractivity contribution in [2.75, 3.05) is 33.3 Å². The Morgan fingerprint density at radius 2 is 1.82 bits per heavy atom. The van der Waals surface area contributed by atoms with E-state index in [0.29, 0.717) is 11.4 Å². The van der Waals surface area contributed by atoms with Crippen molar-refractivity contribution in [2.45, 2.75) is 25.8 Å². The number of ether oxygens (including phenoxy) is 1. The van der Waals surface area contributed by atoms with Gasteiger partial charge in [0.1, 0.15) is 5.75 Å². The largest absolute Gasteiger partial charge is 0.497 e. The summed E-state index contributed by atoms with van der Waals surface area (Å²) in [4.78, 5) is 28.5. The van der Waals surface area contributed by atoms with Crippen molar-refractivity contribution < 1.29 is 14.3 Å². The molecule has 1 atom stereocenters. The van der Waals surface area contributed by atoms with Gasteiger partial charge >= 0.3 is 0 Å². The van der Waals surface area contributed by atoms with Gasteiger partial charge in [-0.15, -0.1) is 11.3 Å². The third kappa shape index (κ3) is 5.33. The maximum absolute atomic E-state index is 12.3. The summed E-state index contributed by atoms with van der Waals surface area (Å²) in [6.45, 7) is 4.50. The Morgan fingerprint density at radius 1 is 1.11 bits per heavy atom. The van der Waals surface area contributed by atoms with Gasteiger partial charge in [0.15, 0.2) is 0 Å². The zero-order valence-corrected chi connectivity index (χ0v) is 17.2. The van der Waals surface area contributed by atoms with E-state index in [9.17, 15) is 9.59 Å². The summed E-state index contributed by atoms with van der Waals surface area (Å²) in [5.74, 6) is 0.429. The Hall–Kier alpha value is -2.38. The van der Waals surface area contributed by atoms with E-state index < -0.39 is 0 Å². The van der Waals surface area contributed by atoms with Gasteiger partial charge in [0.2, 0.25) is 5.91 Å². The van der Waals surface area contributed by atoms with Crippen LogP contribution in [0, 0.1) is 6.92 Å². The first-order chi connectivity index (χ1) is 13.6. The molecule has 1 aliphatic rings. The molecule has 150 valence electrons. The molecule has 2 heterocycles. The number of rotatable bonds is 8. The molecule has 0 aliphatic carbocycles. The molecule has 1 aromatic carbocycles. The Kier molecular flexibility index (Phi) is 7.06. The third-order valence-corrected chi connectivity index (χ3v) is 5.95. The third-order valence-electron chi connectivity index (χ3n) is 4.95. The van der Waals surface area contributed by atoms with Crippen LogP contribution >= 0.6 is 11.3 Å². The molecule has 0 saturated carbocycles.